The molecule has 2 aromatic carbocycles. The van der Waals surface area contributed by atoms with Crippen LogP contribution >= 0.6 is 0 Å². The summed E-state index contributed by atoms with van der Waals surface area (Å²) in [5, 5.41) is 10.5. The molecule has 22 heavy (non-hydrogen) atoms. The monoisotopic (exact) mass is 290 g/mol. The first kappa shape index (κ1) is 12.9. The molecule has 3 aliphatic rings. The molecule has 0 heterocycles. The summed E-state index contributed by atoms with van der Waals surface area (Å²) in [5.41, 5.74) is 3.42. The highest BCUT2D eigenvalue weighted by Gasteiger charge is 2.98. The van der Waals surface area contributed by atoms with Gasteiger partial charge in [-0.25, -0.2) is 0 Å². The molecular formula is C21H22O. The van der Waals surface area contributed by atoms with Gasteiger partial charge in [0.2, 0.25) is 0 Å². The van der Waals surface area contributed by atoms with E-state index in [-0.39, 0.29) is 22.3 Å². The van der Waals surface area contributed by atoms with Gasteiger partial charge in [-0.15, -0.1) is 0 Å². The highest BCUT2D eigenvalue weighted by atomic mass is 16.3. The molecule has 0 spiro atoms. The van der Waals surface area contributed by atoms with E-state index in [1.54, 1.807) is 0 Å². The van der Waals surface area contributed by atoms with Crippen LogP contribution in [0.15, 0.2) is 60.7 Å². The lowest BCUT2D eigenvalue weighted by Crippen LogP contribution is -2.64. The van der Waals surface area contributed by atoms with E-state index in [9.17, 15) is 5.11 Å². The molecule has 1 heteroatoms. The maximum atomic E-state index is 10.5. The topological polar surface area (TPSA) is 20.2 Å². The summed E-state index contributed by atoms with van der Waals surface area (Å²) in [6.45, 7) is 4.83. The van der Waals surface area contributed by atoms with Crippen LogP contribution < -0.4 is 0 Å². The molecule has 1 nitrogen and oxygen atoms in total. The Labute approximate surface area is 132 Å². The highest BCUT2D eigenvalue weighted by Crippen LogP contribution is 2.96. The molecule has 3 saturated carbocycles. The molecule has 0 aromatic heterocycles. The minimum Gasteiger partial charge on any atom is -0.393 e. The van der Waals surface area contributed by atoms with Crippen LogP contribution in [0.5, 0.6) is 0 Å². The van der Waals surface area contributed by atoms with Crippen molar-refractivity contribution in [2.24, 2.45) is 17.3 Å². The first-order valence-corrected chi connectivity index (χ1v) is 8.39. The van der Waals surface area contributed by atoms with Crippen molar-refractivity contribution in [2.45, 2.75) is 37.2 Å². The lowest BCUT2D eigenvalue weighted by Gasteiger charge is -2.61. The van der Waals surface area contributed by atoms with Gasteiger partial charge in [0.05, 0.1) is 6.10 Å². The van der Waals surface area contributed by atoms with Crippen LogP contribution in [-0.2, 0) is 10.8 Å². The summed E-state index contributed by atoms with van der Waals surface area (Å²) >= 11 is 0. The van der Waals surface area contributed by atoms with Crippen molar-refractivity contribution >= 4 is 0 Å². The molecule has 0 saturated heterocycles. The summed E-state index contributed by atoms with van der Waals surface area (Å²) in [5.74, 6) is 1.07. The van der Waals surface area contributed by atoms with E-state index in [2.05, 4.69) is 74.5 Å². The summed E-state index contributed by atoms with van der Waals surface area (Å²) in [6, 6.07) is 22.0. The Balaban J connectivity index is 1.76. The first-order chi connectivity index (χ1) is 10.6. The van der Waals surface area contributed by atoms with E-state index in [1.807, 2.05) is 0 Å². The summed E-state index contributed by atoms with van der Waals surface area (Å²) < 4.78 is 0. The van der Waals surface area contributed by atoms with E-state index in [1.165, 1.54) is 11.1 Å². The van der Waals surface area contributed by atoms with Crippen molar-refractivity contribution in [3.63, 3.8) is 0 Å². The van der Waals surface area contributed by atoms with Gasteiger partial charge in [0, 0.05) is 10.8 Å². The average molecular weight is 290 g/mol. The molecular weight excluding hydrogens is 268 g/mol. The number of aliphatic hydroxyl groups is 1. The Bertz CT molecular complexity index is 735. The smallest absolute Gasteiger partial charge is 0.0583 e. The van der Waals surface area contributed by atoms with Gasteiger partial charge in [-0.3, -0.25) is 0 Å². The van der Waals surface area contributed by atoms with Crippen molar-refractivity contribution in [2.75, 3.05) is 0 Å². The second-order valence-corrected chi connectivity index (χ2v) is 7.91. The summed E-state index contributed by atoms with van der Waals surface area (Å²) in [6.07, 6.45) is 0.848. The molecule has 0 bridgehead atoms. The van der Waals surface area contributed by atoms with Crippen molar-refractivity contribution in [3.05, 3.63) is 71.8 Å². The standard InChI is InChI=1S/C21H22O/c1-19(2)20(14-9-5-3-6-10-14)16-13-17(22)18(16)21(19,20)15-11-7-4-8-12-15/h3-12,16-18,22H,13H2,1-2H3. The van der Waals surface area contributed by atoms with Crippen molar-refractivity contribution in [1.82, 2.24) is 0 Å². The number of fused-ring (bicyclic) bond motifs is 4. The minimum absolute atomic E-state index is 0.116. The maximum Gasteiger partial charge on any atom is 0.0583 e. The van der Waals surface area contributed by atoms with Crippen LogP contribution in [0.25, 0.3) is 0 Å². The van der Waals surface area contributed by atoms with Crippen LogP contribution in [0.3, 0.4) is 0 Å². The van der Waals surface area contributed by atoms with Gasteiger partial charge in [-0.1, -0.05) is 74.5 Å². The highest BCUT2D eigenvalue weighted by molar-refractivity contribution is 5.65. The van der Waals surface area contributed by atoms with E-state index in [4.69, 9.17) is 0 Å². The number of hydrogen-bond acceptors (Lipinski definition) is 1. The van der Waals surface area contributed by atoms with Gasteiger partial charge in [-0.05, 0) is 34.8 Å². The summed E-state index contributed by atoms with van der Waals surface area (Å²) in [7, 11) is 0. The van der Waals surface area contributed by atoms with Gasteiger partial charge in [-0.2, -0.15) is 0 Å². The molecule has 0 radical (unpaired) electrons. The van der Waals surface area contributed by atoms with Crippen LogP contribution in [0, 0.1) is 17.3 Å². The molecule has 5 unspecified atom stereocenters. The molecule has 5 atom stereocenters. The Kier molecular flexibility index (Phi) is 2.14. The lowest BCUT2D eigenvalue weighted by atomic mass is 9.43. The molecule has 0 aliphatic heterocycles. The quantitative estimate of drug-likeness (QED) is 0.889. The zero-order valence-corrected chi connectivity index (χ0v) is 13.2. The third-order valence-electron chi connectivity index (χ3n) is 7.39. The normalized spacial score (nSPS) is 43.3. The SMILES string of the molecule is CC1(C)C2(c3ccccc3)C3CC(O)C3C12c1ccccc1. The van der Waals surface area contributed by atoms with E-state index >= 15 is 0 Å². The van der Waals surface area contributed by atoms with E-state index in [0.29, 0.717) is 11.8 Å². The molecule has 2 aromatic rings. The van der Waals surface area contributed by atoms with Gasteiger partial charge < -0.3 is 5.11 Å². The molecule has 112 valence electrons. The number of hydrogen-bond donors (Lipinski definition) is 1. The van der Waals surface area contributed by atoms with Crippen LogP contribution in [0.1, 0.15) is 31.4 Å². The first-order valence-electron chi connectivity index (χ1n) is 8.39. The third-order valence-corrected chi connectivity index (χ3v) is 7.39. The van der Waals surface area contributed by atoms with E-state index < -0.39 is 0 Å². The second-order valence-electron chi connectivity index (χ2n) is 7.91. The Morgan fingerprint density at radius 1 is 0.818 bits per heavy atom. The largest absolute Gasteiger partial charge is 0.393 e. The lowest BCUT2D eigenvalue weighted by molar-refractivity contribution is -0.133. The Morgan fingerprint density at radius 2 is 1.32 bits per heavy atom. The van der Waals surface area contributed by atoms with Crippen LogP contribution in [-0.4, -0.2) is 11.2 Å². The van der Waals surface area contributed by atoms with Crippen LogP contribution in [0.4, 0.5) is 0 Å². The molecule has 3 fully saturated rings. The summed E-state index contributed by atoms with van der Waals surface area (Å²) in [4.78, 5) is 0. The van der Waals surface area contributed by atoms with Crippen LogP contribution in [0.2, 0.25) is 0 Å². The van der Waals surface area contributed by atoms with Crippen molar-refractivity contribution in [3.8, 4) is 0 Å². The zero-order valence-electron chi connectivity index (χ0n) is 13.2. The van der Waals surface area contributed by atoms with E-state index in [0.717, 1.165) is 6.42 Å². The van der Waals surface area contributed by atoms with Gasteiger partial charge in [0.25, 0.3) is 0 Å². The number of aliphatic hydroxyl groups excluding tert-OH is 1. The predicted octanol–water partition coefficient (Wildman–Crippen LogP) is 3.91. The zero-order chi connectivity index (χ0) is 15.2. The fraction of sp³-hybridized carbons (Fsp3) is 0.429. The fourth-order valence-corrected chi connectivity index (χ4v) is 6.93. The Morgan fingerprint density at radius 3 is 1.82 bits per heavy atom. The third kappa shape index (κ3) is 0.980. The molecule has 5 rings (SSSR count). The minimum atomic E-state index is -0.121. The molecule has 0 amide bonds. The van der Waals surface area contributed by atoms with Gasteiger partial charge in [0.15, 0.2) is 0 Å². The molecule has 1 N–H and O–H groups in total. The maximum absolute atomic E-state index is 10.5. The van der Waals surface area contributed by atoms with Gasteiger partial charge in [0.1, 0.15) is 0 Å². The van der Waals surface area contributed by atoms with Crippen molar-refractivity contribution < 1.29 is 5.11 Å². The molecule has 3 aliphatic carbocycles. The number of rotatable bonds is 2. The average Bonchev–Trinajstić information content (AvgIpc) is 2.91. The second kappa shape index (κ2) is 3.65. The number of benzene rings is 2. The van der Waals surface area contributed by atoms with Gasteiger partial charge >= 0.3 is 0 Å². The predicted molar refractivity (Wildman–Crippen MR) is 87.6 cm³/mol. The fourth-order valence-electron chi connectivity index (χ4n) is 6.93. The Hall–Kier alpha value is -1.60. The van der Waals surface area contributed by atoms with Crippen molar-refractivity contribution in [1.29, 1.82) is 0 Å².